The van der Waals surface area contributed by atoms with Crippen LogP contribution in [0.3, 0.4) is 0 Å². The lowest BCUT2D eigenvalue weighted by Crippen LogP contribution is -2.58. The van der Waals surface area contributed by atoms with Gasteiger partial charge in [0.2, 0.25) is 11.6 Å². The molecule has 1 aliphatic rings. The number of nitrogens with zero attached hydrogens (tertiary/aromatic N) is 1. The summed E-state index contributed by atoms with van der Waals surface area (Å²) in [5, 5.41) is 11.8. The first-order valence-electron chi connectivity index (χ1n) is 7.40. The Morgan fingerprint density at radius 1 is 1.38 bits per heavy atom. The Labute approximate surface area is 138 Å². The molecule has 0 aliphatic carbocycles. The van der Waals surface area contributed by atoms with E-state index < -0.39 is 41.6 Å². The molecule has 2 rings (SSSR count). The molecule has 1 heterocycles. The quantitative estimate of drug-likeness (QED) is 0.778. The van der Waals surface area contributed by atoms with E-state index in [9.17, 15) is 19.5 Å². The molecule has 130 valence electrons. The number of benzene rings is 1. The van der Waals surface area contributed by atoms with Gasteiger partial charge in [0.15, 0.2) is 0 Å². The summed E-state index contributed by atoms with van der Waals surface area (Å²) in [5.41, 5.74) is 2.16. The van der Waals surface area contributed by atoms with Crippen LogP contribution < -0.4 is 11.1 Å². The highest BCUT2D eigenvalue weighted by molar-refractivity contribution is 6.05. The van der Waals surface area contributed by atoms with Crippen LogP contribution >= 0.6 is 0 Å². The van der Waals surface area contributed by atoms with Crippen molar-refractivity contribution in [2.75, 3.05) is 5.32 Å². The van der Waals surface area contributed by atoms with E-state index >= 15 is 4.39 Å². The summed E-state index contributed by atoms with van der Waals surface area (Å²) in [5.74, 6) is -1.95. The molecule has 3 amide bonds. The summed E-state index contributed by atoms with van der Waals surface area (Å²) in [6.45, 7) is 4.68. The lowest BCUT2D eigenvalue weighted by molar-refractivity contribution is -0.132. The number of fused-ring (bicyclic) bond motifs is 1. The molecule has 4 N–H and O–H groups in total. The fraction of sp³-hybridized carbons (Fsp3) is 0.438. The number of carboxylic acid groups (broad SMARTS) is 1. The summed E-state index contributed by atoms with van der Waals surface area (Å²) >= 11 is 0. The van der Waals surface area contributed by atoms with Crippen LogP contribution in [0.15, 0.2) is 24.3 Å². The van der Waals surface area contributed by atoms with Gasteiger partial charge in [0.05, 0.1) is 0 Å². The zero-order valence-electron chi connectivity index (χ0n) is 13.7. The fourth-order valence-corrected chi connectivity index (χ4v) is 2.96. The Kier molecular flexibility index (Phi) is 4.26. The van der Waals surface area contributed by atoms with E-state index in [1.807, 2.05) is 0 Å². The smallest absolute Gasteiger partial charge is 0.408 e. The minimum atomic E-state index is -2.53. The third-order valence-electron chi connectivity index (χ3n) is 4.01. The van der Waals surface area contributed by atoms with Gasteiger partial charge < -0.3 is 16.2 Å². The van der Waals surface area contributed by atoms with Crippen LogP contribution in [-0.4, -0.2) is 39.5 Å². The number of primary amides is 1. The second-order valence-corrected chi connectivity index (χ2v) is 6.75. The average molecular weight is 337 g/mol. The van der Waals surface area contributed by atoms with Crippen molar-refractivity contribution >= 4 is 23.6 Å². The van der Waals surface area contributed by atoms with Gasteiger partial charge in [-0.3, -0.25) is 14.5 Å². The molecule has 0 fully saturated rings. The Bertz CT molecular complexity index is 701. The zero-order chi connectivity index (χ0) is 18.3. The van der Waals surface area contributed by atoms with Crippen LogP contribution in [0, 0.1) is 0 Å². The molecule has 1 aromatic carbocycles. The maximum Gasteiger partial charge on any atom is 0.408 e. The summed E-state index contributed by atoms with van der Waals surface area (Å²) in [4.78, 5) is 36.4. The van der Waals surface area contributed by atoms with E-state index in [0.29, 0.717) is 5.69 Å². The van der Waals surface area contributed by atoms with Gasteiger partial charge in [-0.15, -0.1) is 0 Å². The highest BCUT2D eigenvalue weighted by atomic mass is 19.1. The number of alkyl halides is 1. The lowest BCUT2D eigenvalue weighted by Gasteiger charge is -2.39. The lowest BCUT2D eigenvalue weighted by atomic mass is 9.88. The van der Waals surface area contributed by atoms with Crippen LogP contribution in [0.25, 0.3) is 0 Å². The number of halogens is 1. The first kappa shape index (κ1) is 17.7. The molecular formula is C16H20FN3O4. The second-order valence-electron chi connectivity index (χ2n) is 6.75. The predicted octanol–water partition coefficient (Wildman–Crippen LogP) is 1.83. The van der Waals surface area contributed by atoms with Gasteiger partial charge in [0.25, 0.3) is 5.91 Å². The first-order chi connectivity index (χ1) is 11.0. The normalized spacial score (nSPS) is 20.9. The molecule has 24 heavy (non-hydrogen) atoms. The molecule has 0 bridgehead atoms. The summed E-state index contributed by atoms with van der Waals surface area (Å²) in [6.07, 6.45) is -2.10. The number of para-hydroxylation sites is 1. The van der Waals surface area contributed by atoms with Crippen LogP contribution in [0.4, 0.5) is 14.9 Å². The number of carbonyl (C=O) groups is 3. The maximum atomic E-state index is 15.5. The summed E-state index contributed by atoms with van der Waals surface area (Å²) < 4.78 is 15.5. The Hall–Kier alpha value is -2.64. The number of amides is 3. The van der Waals surface area contributed by atoms with E-state index in [-0.39, 0.29) is 5.56 Å². The van der Waals surface area contributed by atoms with Crippen molar-refractivity contribution in [1.82, 2.24) is 4.90 Å². The topological polar surface area (TPSA) is 113 Å². The van der Waals surface area contributed by atoms with Crippen molar-refractivity contribution in [2.24, 2.45) is 5.73 Å². The molecular weight excluding hydrogens is 317 g/mol. The SMILES string of the molecule is CC(C)(C)N(C(=O)O)[C@@H](CC1(F)C(=O)Nc2ccccc21)C(N)=O. The number of nitrogens with two attached hydrogens (primary N) is 1. The molecule has 2 atom stereocenters. The minimum Gasteiger partial charge on any atom is -0.465 e. The van der Waals surface area contributed by atoms with Crippen molar-refractivity contribution in [3.05, 3.63) is 29.8 Å². The molecule has 1 unspecified atom stereocenters. The summed E-state index contributed by atoms with van der Waals surface area (Å²) in [7, 11) is 0. The average Bonchev–Trinajstić information content (AvgIpc) is 2.68. The van der Waals surface area contributed by atoms with Gasteiger partial charge in [0.1, 0.15) is 6.04 Å². The van der Waals surface area contributed by atoms with Crippen molar-refractivity contribution < 1.29 is 23.9 Å². The number of carbonyl (C=O) groups excluding carboxylic acids is 2. The van der Waals surface area contributed by atoms with Gasteiger partial charge >= 0.3 is 6.09 Å². The van der Waals surface area contributed by atoms with Crippen LogP contribution in [0.1, 0.15) is 32.8 Å². The third kappa shape index (κ3) is 2.91. The number of rotatable bonds is 4. The molecule has 0 spiro atoms. The molecule has 1 aromatic rings. The number of hydrogen-bond acceptors (Lipinski definition) is 3. The van der Waals surface area contributed by atoms with Gasteiger partial charge in [-0.05, 0) is 26.8 Å². The van der Waals surface area contributed by atoms with Crippen molar-refractivity contribution in [3.8, 4) is 0 Å². The van der Waals surface area contributed by atoms with Gasteiger partial charge in [-0.1, -0.05) is 18.2 Å². The van der Waals surface area contributed by atoms with E-state index in [1.54, 1.807) is 32.9 Å². The van der Waals surface area contributed by atoms with Crippen molar-refractivity contribution in [2.45, 2.75) is 44.4 Å². The highest BCUT2D eigenvalue weighted by Gasteiger charge is 2.52. The summed E-state index contributed by atoms with van der Waals surface area (Å²) in [6, 6.07) is 4.66. The predicted molar refractivity (Wildman–Crippen MR) is 85.1 cm³/mol. The molecule has 0 saturated carbocycles. The monoisotopic (exact) mass is 337 g/mol. The van der Waals surface area contributed by atoms with Crippen molar-refractivity contribution in [1.29, 1.82) is 0 Å². The van der Waals surface area contributed by atoms with Crippen LogP contribution in [0.5, 0.6) is 0 Å². The first-order valence-corrected chi connectivity index (χ1v) is 7.40. The Balaban J connectivity index is 2.46. The molecule has 1 aliphatic heterocycles. The highest BCUT2D eigenvalue weighted by Crippen LogP contribution is 2.43. The molecule has 7 nitrogen and oxygen atoms in total. The van der Waals surface area contributed by atoms with E-state index in [1.165, 1.54) is 12.1 Å². The van der Waals surface area contributed by atoms with E-state index in [0.717, 1.165) is 4.90 Å². The number of anilines is 1. The number of nitrogens with one attached hydrogen (secondary N) is 1. The molecule has 0 saturated heterocycles. The maximum absolute atomic E-state index is 15.5. The van der Waals surface area contributed by atoms with Crippen LogP contribution in [0.2, 0.25) is 0 Å². The molecule has 0 aromatic heterocycles. The van der Waals surface area contributed by atoms with Crippen LogP contribution in [-0.2, 0) is 15.3 Å². The van der Waals surface area contributed by atoms with Gasteiger partial charge in [0, 0.05) is 23.2 Å². The van der Waals surface area contributed by atoms with E-state index in [4.69, 9.17) is 5.73 Å². The van der Waals surface area contributed by atoms with Gasteiger partial charge in [-0.25, -0.2) is 9.18 Å². The third-order valence-corrected chi connectivity index (χ3v) is 4.01. The fourth-order valence-electron chi connectivity index (χ4n) is 2.96. The zero-order valence-corrected chi connectivity index (χ0v) is 13.7. The Morgan fingerprint density at radius 2 is 1.96 bits per heavy atom. The van der Waals surface area contributed by atoms with E-state index in [2.05, 4.69) is 5.32 Å². The van der Waals surface area contributed by atoms with Crippen molar-refractivity contribution in [3.63, 3.8) is 0 Å². The standard InChI is InChI=1S/C16H20FN3O4/c1-15(2,3)20(14(23)24)11(12(18)21)8-16(17)9-6-4-5-7-10(9)19-13(16)22/h4-7,11H,8H2,1-3H3,(H2,18,21)(H,19,22)(H,23,24)/t11-,16?/m0/s1. The molecule has 0 radical (unpaired) electrons. The largest absolute Gasteiger partial charge is 0.465 e. The number of hydrogen-bond donors (Lipinski definition) is 3. The van der Waals surface area contributed by atoms with Gasteiger partial charge in [-0.2, -0.15) is 0 Å². The second kappa shape index (κ2) is 5.77. The minimum absolute atomic E-state index is 0.0699. The Morgan fingerprint density at radius 3 is 2.46 bits per heavy atom. The molecule has 8 heteroatoms.